The number of nitrogens with one attached hydrogen (secondary N) is 1. The van der Waals surface area contributed by atoms with Gasteiger partial charge in [0, 0.05) is 12.5 Å². The number of fused-ring (bicyclic) bond motifs is 1. The fraction of sp³-hybridized carbons (Fsp3) is 0.188. The van der Waals surface area contributed by atoms with Crippen LogP contribution >= 0.6 is 0 Å². The zero-order chi connectivity index (χ0) is 18.1. The third kappa shape index (κ3) is 3.11. The molecule has 0 bridgehead atoms. The Morgan fingerprint density at radius 2 is 2.04 bits per heavy atom. The quantitative estimate of drug-likeness (QED) is 0.742. The average molecular weight is 341 g/mol. The molecule has 3 aromatic heterocycles. The minimum atomic E-state index is -1.14. The van der Waals surface area contributed by atoms with Crippen LogP contribution in [-0.2, 0) is 4.79 Å². The highest BCUT2D eigenvalue weighted by molar-refractivity contribution is 5.92. The van der Waals surface area contributed by atoms with Crippen LogP contribution in [-0.4, -0.2) is 43.7 Å². The molecule has 0 aliphatic rings. The smallest absolute Gasteiger partial charge is 0.341 e. The van der Waals surface area contributed by atoms with Gasteiger partial charge in [0.2, 0.25) is 11.8 Å². The first-order chi connectivity index (χ1) is 11.9. The molecule has 0 radical (unpaired) electrons. The van der Waals surface area contributed by atoms with E-state index in [0.717, 1.165) is 0 Å². The van der Waals surface area contributed by atoms with Gasteiger partial charge in [0.25, 0.3) is 0 Å². The summed E-state index contributed by atoms with van der Waals surface area (Å²) in [5.74, 6) is -0.939. The molecule has 3 heterocycles. The van der Waals surface area contributed by atoms with Crippen LogP contribution in [0.25, 0.3) is 16.9 Å². The molecule has 9 nitrogen and oxygen atoms in total. The number of hydrogen-bond donors (Lipinski definition) is 2. The lowest BCUT2D eigenvalue weighted by Crippen LogP contribution is -2.06. The lowest BCUT2D eigenvalue weighted by molar-refractivity contribution is -0.114. The van der Waals surface area contributed by atoms with Crippen LogP contribution in [0.1, 0.15) is 23.0 Å². The largest absolute Gasteiger partial charge is 0.480 e. The molecule has 3 rings (SSSR count). The number of carboxylic acid groups (broad SMARTS) is 1. The third-order valence-electron chi connectivity index (χ3n) is 3.50. The first-order valence-electron chi connectivity index (χ1n) is 7.32. The van der Waals surface area contributed by atoms with Crippen molar-refractivity contribution in [2.75, 3.05) is 12.4 Å². The van der Waals surface area contributed by atoms with E-state index in [-0.39, 0.29) is 17.4 Å². The van der Waals surface area contributed by atoms with Crippen LogP contribution < -0.4 is 10.1 Å². The molecule has 3 aromatic rings. The standard InChI is InChI=1S/C16H15N5O4/c1-8-10(6-11(16(23)24)15(17-8)25-3)12-4-5-14-19-13(18-9(2)22)7-21(14)20-12/h4-7H,1-3H3,(H,18,22)(H,23,24). The Morgan fingerprint density at radius 3 is 2.68 bits per heavy atom. The summed E-state index contributed by atoms with van der Waals surface area (Å²) in [5.41, 5.74) is 2.17. The van der Waals surface area contributed by atoms with Gasteiger partial charge in [-0.3, -0.25) is 4.79 Å². The summed E-state index contributed by atoms with van der Waals surface area (Å²) < 4.78 is 6.53. The number of hydrogen-bond acceptors (Lipinski definition) is 6. The van der Waals surface area contributed by atoms with Crippen LogP contribution in [0.2, 0.25) is 0 Å². The van der Waals surface area contributed by atoms with Gasteiger partial charge in [-0.05, 0) is 25.1 Å². The molecule has 128 valence electrons. The SMILES string of the molecule is COc1nc(C)c(-c2ccc3nc(NC(C)=O)cn3n2)cc1C(=O)O. The van der Waals surface area contributed by atoms with Gasteiger partial charge in [-0.2, -0.15) is 5.10 Å². The number of carbonyl (C=O) groups is 2. The fourth-order valence-electron chi connectivity index (χ4n) is 2.42. The number of anilines is 1. The maximum atomic E-state index is 11.4. The van der Waals surface area contributed by atoms with Gasteiger partial charge in [-0.25, -0.2) is 19.3 Å². The number of aromatic carboxylic acids is 1. The van der Waals surface area contributed by atoms with Crippen molar-refractivity contribution in [2.45, 2.75) is 13.8 Å². The molecule has 9 heteroatoms. The lowest BCUT2D eigenvalue weighted by atomic mass is 10.1. The topological polar surface area (TPSA) is 119 Å². The number of nitrogens with zero attached hydrogens (tertiary/aromatic N) is 4. The highest BCUT2D eigenvalue weighted by atomic mass is 16.5. The molecule has 0 unspecified atom stereocenters. The fourth-order valence-corrected chi connectivity index (χ4v) is 2.42. The minimum Gasteiger partial charge on any atom is -0.480 e. The van der Waals surface area contributed by atoms with Crippen LogP contribution in [0.4, 0.5) is 5.82 Å². The molecule has 0 fully saturated rings. The molecule has 0 atom stereocenters. The summed E-state index contributed by atoms with van der Waals surface area (Å²) in [5, 5.41) is 16.3. The van der Waals surface area contributed by atoms with E-state index in [1.807, 2.05) is 0 Å². The zero-order valence-corrected chi connectivity index (χ0v) is 13.8. The Balaban J connectivity index is 2.11. The Morgan fingerprint density at radius 1 is 1.28 bits per heavy atom. The first kappa shape index (κ1) is 16.4. The monoisotopic (exact) mass is 341 g/mol. The summed E-state index contributed by atoms with van der Waals surface area (Å²) in [6.45, 7) is 3.13. The number of amides is 1. The number of pyridine rings is 1. The van der Waals surface area contributed by atoms with E-state index < -0.39 is 5.97 Å². The molecule has 2 N–H and O–H groups in total. The highest BCUT2D eigenvalue weighted by Crippen LogP contribution is 2.27. The zero-order valence-electron chi connectivity index (χ0n) is 13.8. The van der Waals surface area contributed by atoms with E-state index in [0.29, 0.717) is 28.4 Å². The van der Waals surface area contributed by atoms with Gasteiger partial charge in [0.1, 0.15) is 5.56 Å². The maximum Gasteiger partial charge on any atom is 0.341 e. The van der Waals surface area contributed by atoms with Gasteiger partial charge in [0.05, 0.1) is 24.7 Å². The molecule has 0 aromatic carbocycles. The number of methoxy groups -OCH3 is 1. The lowest BCUT2D eigenvalue weighted by Gasteiger charge is -2.10. The third-order valence-corrected chi connectivity index (χ3v) is 3.50. The van der Waals surface area contributed by atoms with Crippen molar-refractivity contribution in [3.8, 4) is 17.1 Å². The molecular formula is C16H15N5O4. The number of ether oxygens (including phenoxy) is 1. The van der Waals surface area contributed by atoms with Crippen LogP contribution in [0.3, 0.4) is 0 Å². The van der Waals surface area contributed by atoms with Crippen LogP contribution in [0.5, 0.6) is 5.88 Å². The summed E-state index contributed by atoms with van der Waals surface area (Å²) >= 11 is 0. The van der Waals surface area contributed by atoms with Crippen molar-refractivity contribution in [1.82, 2.24) is 19.6 Å². The summed E-state index contributed by atoms with van der Waals surface area (Å²) in [7, 11) is 1.37. The van der Waals surface area contributed by atoms with Gasteiger partial charge >= 0.3 is 5.97 Å². The number of rotatable bonds is 4. The molecular weight excluding hydrogens is 326 g/mol. The van der Waals surface area contributed by atoms with Gasteiger partial charge in [0.15, 0.2) is 11.5 Å². The molecule has 0 saturated heterocycles. The number of imidazole rings is 1. The van der Waals surface area contributed by atoms with Crippen molar-refractivity contribution in [2.24, 2.45) is 0 Å². The van der Waals surface area contributed by atoms with Crippen molar-refractivity contribution in [3.05, 3.63) is 35.7 Å². The maximum absolute atomic E-state index is 11.4. The molecule has 25 heavy (non-hydrogen) atoms. The number of aryl methyl sites for hydroxylation is 1. The average Bonchev–Trinajstić information content (AvgIpc) is 2.94. The Hall–Kier alpha value is -3.49. The van der Waals surface area contributed by atoms with E-state index in [1.165, 1.54) is 24.6 Å². The van der Waals surface area contributed by atoms with Crippen molar-refractivity contribution >= 4 is 23.3 Å². The Labute approximate surface area is 142 Å². The van der Waals surface area contributed by atoms with Crippen LogP contribution in [0.15, 0.2) is 24.4 Å². The number of carboxylic acids is 1. The number of aromatic nitrogens is 4. The Bertz CT molecular complexity index is 996. The van der Waals surface area contributed by atoms with Crippen molar-refractivity contribution < 1.29 is 19.4 Å². The van der Waals surface area contributed by atoms with E-state index in [1.54, 1.807) is 25.3 Å². The molecule has 0 aliphatic carbocycles. The summed E-state index contributed by atoms with van der Waals surface area (Å²) in [6, 6.07) is 4.91. The van der Waals surface area contributed by atoms with Gasteiger partial charge in [-0.15, -0.1) is 0 Å². The first-order valence-corrected chi connectivity index (χ1v) is 7.32. The molecule has 0 aliphatic heterocycles. The summed E-state index contributed by atoms with van der Waals surface area (Å²) in [6.07, 6.45) is 1.57. The molecule has 0 spiro atoms. The highest BCUT2D eigenvalue weighted by Gasteiger charge is 2.18. The minimum absolute atomic E-state index is 0.0467. The molecule has 0 saturated carbocycles. The van der Waals surface area contributed by atoms with Crippen molar-refractivity contribution in [3.63, 3.8) is 0 Å². The second kappa shape index (κ2) is 6.19. The summed E-state index contributed by atoms with van der Waals surface area (Å²) in [4.78, 5) is 30.9. The van der Waals surface area contributed by atoms with Gasteiger partial charge in [-0.1, -0.05) is 0 Å². The van der Waals surface area contributed by atoms with E-state index >= 15 is 0 Å². The second-order valence-electron chi connectivity index (χ2n) is 5.31. The van der Waals surface area contributed by atoms with Crippen LogP contribution in [0, 0.1) is 6.92 Å². The Kier molecular flexibility index (Phi) is 4.05. The van der Waals surface area contributed by atoms with Crippen molar-refractivity contribution in [1.29, 1.82) is 0 Å². The predicted octanol–water partition coefficient (Wildman–Crippen LogP) is 1.76. The van der Waals surface area contributed by atoms with E-state index in [9.17, 15) is 14.7 Å². The van der Waals surface area contributed by atoms with Gasteiger partial charge < -0.3 is 15.2 Å². The number of carbonyl (C=O) groups excluding carboxylic acids is 1. The van der Waals surface area contributed by atoms with E-state index in [2.05, 4.69) is 20.4 Å². The second-order valence-corrected chi connectivity index (χ2v) is 5.31. The molecule has 1 amide bonds. The normalized spacial score (nSPS) is 10.7. The predicted molar refractivity (Wildman–Crippen MR) is 88.8 cm³/mol. The van der Waals surface area contributed by atoms with E-state index in [4.69, 9.17) is 4.74 Å².